The Hall–Kier alpha value is -1.15. The molecule has 142 valence electrons. The van der Waals surface area contributed by atoms with Gasteiger partial charge in [0.1, 0.15) is 0 Å². The summed E-state index contributed by atoms with van der Waals surface area (Å²) in [5.41, 5.74) is 0.437. The van der Waals surface area contributed by atoms with Gasteiger partial charge in [-0.2, -0.15) is 0 Å². The minimum absolute atomic E-state index is 0. The van der Waals surface area contributed by atoms with Crippen molar-refractivity contribution in [3.8, 4) is 0 Å². The van der Waals surface area contributed by atoms with Crippen LogP contribution < -0.4 is 15.4 Å². The van der Waals surface area contributed by atoms with Gasteiger partial charge in [0, 0.05) is 31.7 Å². The van der Waals surface area contributed by atoms with Crippen LogP contribution >= 0.6 is 12.4 Å². The highest BCUT2D eigenvalue weighted by molar-refractivity contribution is 7.89. The molecule has 1 aromatic rings. The van der Waals surface area contributed by atoms with Gasteiger partial charge in [-0.1, -0.05) is 25.7 Å². The van der Waals surface area contributed by atoms with Crippen molar-refractivity contribution in [2.24, 2.45) is 0 Å². The number of halogens is 1. The molecule has 0 aromatic heterocycles. The van der Waals surface area contributed by atoms with Gasteiger partial charge in [-0.15, -0.1) is 12.4 Å². The molecule has 25 heavy (non-hydrogen) atoms. The molecule has 1 fully saturated rings. The smallest absolute Gasteiger partial charge is 0.251 e. The Balaban J connectivity index is 0.00000312. The molecule has 1 saturated carbocycles. The largest absolute Gasteiger partial charge is 0.355 e. The summed E-state index contributed by atoms with van der Waals surface area (Å²) in [5.74, 6) is -0.237. The third kappa shape index (κ3) is 6.93. The minimum atomic E-state index is -3.54. The van der Waals surface area contributed by atoms with E-state index in [1.54, 1.807) is 0 Å². The predicted molar refractivity (Wildman–Crippen MR) is 102 cm³/mol. The summed E-state index contributed by atoms with van der Waals surface area (Å²) in [6.07, 6.45) is 7.46. The summed E-state index contributed by atoms with van der Waals surface area (Å²) in [6, 6.07) is 6.43. The van der Waals surface area contributed by atoms with E-state index in [4.69, 9.17) is 0 Å². The maximum Gasteiger partial charge on any atom is 0.251 e. The van der Waals surface area contributed by atoms with E-state index in [0.717, 1.165) is 0 Å². The second kappa shape index (κ2) is 10.8. The number of benzene rings is 1. The Bertz CT molecular complexity index is 627. The summed E-state index contributed by atoms with van der Waals surface area (Å²) in [5, 5.41) is 5.94. The first-order valence-corrected chi connectivity index (χ1v) is 10.1. The molecular weight excluding hydrogens is 362 g/mol. The fourth-order valence-electron chi connectivity index (χ4n) is 2.96. The first kappa shape index (κ1) is 21.9. The molecule has 2 rings (SSSR count). The third-order valence-electron chi connectivity index (χ3n) is 4.36. The van der Waals surface area contributed by atoms with Gasteiger partial charge in [0.25, 0.3) is 5.91 Å². The topological polar surface area (TPSA) is 87.3 Å². The molecule has 1 amide bonds. The Morgan fingerprint density at radius 2 is 1.64 bits per heavy atom. The van der Waals surface area contributed by atoms with Crippen LogP contribution in [0.15, 0.2) is 29.2 Å². The van der Waals surface area contributed by atoms with E-state index >= 15 is 0 Å². The van der Waals surface area contributed by atoms with Gasteiger partial charge in [0.05, 0.1) is 4.90 Å². The minimum Gasteiger partial charge on any atom is -0.355 e. The highest BCUT2D eigenvalue weighted by Crippen LogP contribution is 2.17. The summed E-state index contributed by atoms with van der Waals surface area (Å²) in [4.78, 5) is 11.6. The number of rotatable bonds is 7. The molecule has 0 saturated heterocycles. The molecule has 0 bridgehead atoms. The van der Waals surface area contributed by atoms with Crippen molar-refractivity contribution >= 4 is 28.3 Å². The second-order valence-corrected chi connectivity index (χ2v) is 7.91. The van der Waals surface area contributed by atoms with Crippen molar-refractivity contribution in [2.45, 2.75) is 49.5 Å². The van der Waals surface area contributed by atoms with Crippen LogP contribution in [0.5, 0.6) is 0 Å². The molecule has 0 spiro atoms. The van der Waals surface area contributed by atoms with E-state index in [-0.39, 0.29) is 23.2 Å². The number of hydrogen-bond donors (Lipinski definition) is 3. The molecular formula is C17H28ClN3O3S. The summed E-state index contributed by atoms with van der Waals surface area (Å²) >= 11 is 0. The van der Waals surface area contributed by atoms with Crippen LogP contribution in [0.4, 0.5) is 0 Å². The molecule has 6 nitrogen and oxygen atoms in total. The van der Waals surface area contributed by atoms with Gasteiger partial charge in [0.2, 0.25) is 10.0 Å². The van der Waals surface area contributed by atoms with Crippen LogP contribution in [-0.2, 0) is 10.0 Å². The van der Waals surface area contributed by atoms with Crippen LogP contribution in [0, 0.1) is 0 Å². The highest BCUT2D eigenvalue weighted by atomic mass is 35.5. The van der Waals surface area contributed by atoms with Crippen LogP contribution in [0.3, 0.4) is 0 Å². The lowest BCUT2D eigenvalue weighted by Gasteiger charge is -2.16. The number of hydrogen-bond acceptors (Lipinski definition) is 4. The zero-order chi connectivity index (χ0) is 17.4. The van der Waals surface area contributed by atoms with Crippen molar-refractivity contribution in [3.05, 3.63) is 29.8 Å². The summed E-state index contributed by atoms with van der Waals surface area (Å²) in [7, 11) is -2.00. The maximum atomic E-state index is 12.2. The molecule has 0 radical (unpaired) electrons. The van der Waals surface area contributed by atoms with E-state index in [9.17, 15) is 13.2 Å². The monoisotopic (exact) mass is 389 g/mol. The Morgan fingerprint density at radius 3 is 2.20 bits per heavy atom. The van der Waals surface area contributed by atoms with Crippen molar-refractivity contribution in [1.82, 2.24) is 15.4 Å². The standard InChI is InChI=1S/C17H27N3O3S.ClH/c1-18-17(21)14-8-10-16(11-9-14)24(22,23)20-13-12-19-15-6-4-2-3-5-7-15;/h8-11,15,19-20H,2-7,12-13H2,1H3,(H,18,21);1H. The average Bonchev–Trinajstić information content (AvgIpc) is 2.87. The van der Waals surface area contributed by atoms with Crippen molar-refractivity contribution < 1.29 is 13.2 Å². The zero-order valence-corrected chi connectivity index (χ0v) is 16.2. The van der Waals surface area contributed by atoms with Gasteiger partial charge in [-0.05, 0) is 37.1 Å². The Kier molecular flexibility index (Phi) is 9.42. The number of carbonyl (C=O) groups is 1. The molecule has 8 heteroatoms. The lowest BCUT2D eigenvalue weighted by Crippen LogP contribution is -2.36. The highest BCUT2D eigenvalue weighted by Gasteiger charge is 2.15. The SMILES string of the molecule is CNC(=O)c1ccc(S(=O)(=O)NCCNC2CCCCCC2)cc1.Cl. The van der Waals surface area contributed by atoms with E-state index in [1.165, 1.54) is 69.8 Å². The Labute approximate surface area is 156 Å². The first-order chi connectivity index (χ1) is 11.5. The fraction of sp³-hybridized carbons (Fsp3) is 0.588. The lowest BCUT2D eigenvalue weighted by molar-refractivity contribution is 0.0963. The van der Waals surface area contributed by atoms with Crippen LogP contribution in [0.2, 0.25) is 0 Å². The van der Waals surface area contributed by atoms with Crippen LogP contribution in [-0.4, -0.2) is 40.5 Å². The van der Waals surface area contributed by atoms with Gasteiger partial charge >= 0.3 is 0 Å². The molecule has 1 aromatic carbocycles. The number of nitrogens with one attached hydrogen (secondary N) is 3. The van der Waals surface area contributed by atoms with Crippen molar-refractivity contribution in [3.63, 3.8) is 0 Å². The molecule has 0 heterocycles. The molecule has 0 aliphatic heterocycles. The van der Waals surface area contributed by atoms with Gasteiger partial charge in [-0.25, -0.2) is 13.1 Å². The third-order valence-corrected chi connectivity index (χ3v) is 5.84. The zero-order valence-electron chi connectivity index (χ0n) is 14.6. The van der Waals surface area contributed by atoms with E-state index in [1.807, 2.05) is 0 Å². The molecule has 3 N–H and O–H groups in total. The van der Waals surface area contributed by atoms with Crippen LogP contribution in [0.25, 0.3) is 0 Å². The van der Waals surface area contributed by atoms with Gasteiger partial charge in [0.15, 0.2) is 0 Å². The van der Waals surface area contributed by atoms with E-state index in [0.29, 0.717) is 24.7 Å². The fourth-order valence-corrected chi connectivity index (χ4v) is 3.99. The molecule has 1 aliphatic rings. The second-order valence-electron chi connectivity index (χ2n) is 6.14. The van der Waals surface area contributed by atoms with Gasteiger partial charge < -0.3 is 10.6 Å². The van der Waals surface area contributed by atoms with Gasteiger partial charge in [-0.3, -0.25) is 4.79 Å². The summed E-state index contributed by atoms with van der Waals surface area (Å²) < 4.78 is 27.1. The van der Waals surface area contributed by atoms with Crippen LogP contribution in [0.1, 0.15) is 48.9 Å². The molecule has 0 atom stereocenters. The number of carbonyl (C=O) groups excluding carboxylic acids is 1. The Morgan fingerprint density at radius 1 is 1.04 bits per heavy atom. The van der Waals surface area contributed by atoms with Crippen molar-refractivity contribution in [1.29, 1.82) is 0 Å². The number of amides is 1. The quantitative estimate of drug-likeness (QED) is 0.492. The molecule has 0 unspecified atom stereocenters. The van der Waals surface area contributed by atoms with E-state index in [2.05, 4.69) is 15.4 Å². The predicted octanol–water partition coefficient (Wildman–Crippen LogP) is 2.06. The first-order valence-electron chi connectivity index (χ1n) is 8.58. The summed E-state index contributed by atoms with van der Waals surface area (Å²) in [6.45, 7) is 0.982. The maximum absolute atomic E-state index is 12.2. The lowest BCUT2D eigenvalue weighted by atomic mass is 10.1. The average molecular weight is 390 g/mol. The normalized spacial score (nSPS) is 15.9. The molecule has 1 aliphatic carbocycles. The van der Waals surface area contributed by atoms with Crippen molar-refractivity contribution in [2.75, 3.05) is 20.1 Å². The number of sulfonamides is 1. The van der Waals surface area contributed by atoms with E-state index < -0.39 is 10.0 Å².